The molecule has 154 valence electrons. The molecule has 8 heteroatoms. The summed E-state index contributed by atoms with van der Waals surface area (Å²) in [7, 11) is 0. The molecule has 8 nitrogen and oxygen atoms in total. The maximum atomic E-state index is 12.8. The van der Waals surface area contributed by atoms with Crippen LogP contribution in [0.15, 0.2) is 6.07 Å². The zero-order valence-corrected chi connectivity index (χ0v) is 18.0. The quantitative estimate of drug-likeness (QED) is 0.801. The molecule has 28 heavy (non-hydrogen) atoms. The molecule has 0 aliphatic heterocycles. The van der Waals surface area contributed by atoms with Crippen molar-refractivity contribution in [3.8, 4) is 0 Å². The second-order valence-electron chi connectivity index (χ2n) is 8.71. The van der Waals surface area contributed by atoms with Crippen molar-refractivity contribution in [1.29, 1.82) is 0 Å². The Labute approximate surface area is 165 Å². The van der Waals surface area contributed by atoms with Crippen LogP contribution in [0.5, 0.6) is 0 Å². The smallest absolute Gasteiger partial charge is 0.427 e. The fourth-order valence-corrected chi connectivity index (χ4v) is 2.55. The van der Waals surface area contributed by atoms with Crippen LogP contribution in [0.25, 0.3) is 11.0 Å². The van der Waals surface area contributed by atoms with E-state index < -0.39 is 23.4 Å². The number of rotatable bonds is 3. The van der Waals surface area contributed by atoms with Gasteiger partial charge in [0.2, 0.25) is 5.95 Å². The molecule has 2 aromatic rings. The minimum Gasteiger partial charge on any atom is -0.443 e. The van der Waals surface area contributed by atoms with Gasteiger partial charge < -0.3 is 14.5 Å². The Morgan fingerprint density at radius 2 is 1.57 bits per heavy atom. The fourth-order valence-electron chi connectivity index (χ4n) is 2.55. The van der Waals surface area contributed by atoms with Gasteiger partial charge in [0.15, 0.2) is 0 Å². The number of ether oxygens (including phenoxy) is 2. The topological polar surface area (TPSA) is 97.4 Å². The number of hydrogen-bond donors (Lipinski definition) is 1. The largest absolute Gasteiger partial charge is 0.443 e. The average molecular weight is 390 g/mol. The van der Waals surface area contributed by atoms with Gasteiger partial charge in [-0.1, -0.05) is 13.3 Å². The minimum atomic E-state index is -0.888. The summed E-state index contributed by atoms with van der Waals surface area (Å²) in [6.07, 6.45) is 0.0721. The van der Waals surface area contributed by atoms with Gasteiger partial charge in [0.25, 0.3) is 0 Å². The summed E-state index contributed by atoms with van der Waals surface area (Å²) in [4.78, 5) is 38.2. The summed E-state index contributed by atoms with van der Waals surface area (Å²) in [5.41, 5.74) is 0.640. The maximum Gasteiger partial charge on any atom is 0.427 e. The number of aryl methyl sites for hydroxylation is 2. The number of hydrogen-bond acceptors (Lipinski definition) is 6. The Bertz CT molecular complexity index is 847. The van der Waals surface area contributed by atoms with Crippen LogP contribution in [0.2, 0.25) is 0 Å². The van der Waals surface area contributed by atoms with Crippen molar-refractivity contribution in [1.82, 2.24) is 15.0 Å². The number of carbonyl (C=O) groups excluding carboxylic acids is 2. The van der Waals surface area contributed by atoms with E-state index in [2.05, 4.69) is 21.9 Å². The molecule has 0 aliphatic rings. The van der Waals surface area contributed by atoms with E-state index in [1.165, 1.54) is 0 Å². The first-order valence-corrected chi connectivity index (χ1v) is 9.43. The van der Waals surface area contributed by atoms with Gasteiger partial charge >= 0.3 is 12.2 Å². The Hall–Kier alpha value is -2.64. The minimum absolute atomic E-state index is 0.0848. The number of carbonyl (C=O) groups is 2. The first kappa shape index (κ1) is 21.7. The van der Waals surface area contributed by atoms with Crippen LogP contribution in [-0.2, 0) is 15.9 Å². The van der Waals surface area contributed by atoms with Crippen molar-refractivity contribution in [3.05, 3.63) is 17.5 Å². The molecule has 0 unspecified atom stereocenters. The highest BCUT2D eigenvalue weighted by atomic mass is 16.6. The first-order chi connectivity index (χ1) is 12.8. The van der Waals surface area contributed by atoms with E-state index in [0.717, 1.165) is 28.8 Å². The lowest BCUT2D eigenvalue weighted by atomic mass is 10.2. The van der Waals surface area contributed by atoms with Gasteiger partial charge in [-0.2, -0.15) is 4.98 Å². The van der Waals surface area contributed by atoms with Crippen LogP contribution < -0.4 is 4.90 Å². The highest BCUT2D eigenvalue weighted by molar-refractivity contribution is 6.08. The number of aromatic nitrogens is 3. The molecule has 1 N–H and O–H groups in total. The molecule has 0 fully saturated rings. The molecule has 0 bridgehead atoms. The standard InChI is InChI=1S/C20H30N4O4/c1-9-10-13-11-14-12(2)21-16(23-15(14)22-13)24(17(25)27-19(3,4)5)18(26)28-20(6,7)8/h11H,9-10H2,1-8H3,(H,21,22,23). The van der Waals surface area contributed by atoms with Gasteiger partial charge in [-0.15, -0.1) is 4.90 Å². The molecule has 0 aliphatic carbocycles. The highest BCUT2D eigenvalue weighted by Gasteiger charge is 2.35. The summed E-state index contributed by atoms with van der Waals surface area (Å²) in [6, 6.07) is 1.99. The van der Waals surface area contributed by atoms with Crippen LogP contribution in [0.4, 0.5) is 15.5 Å². The maximum absolute atomic E-state index is 12.8. The van der Waals surface area contributed by atoms with Gasteiger partial charge in [-0.05, 0) is 61.0 Å². The number of nitrogens with zero attached hydrogens (tertiary/aromatic N) is 3. The molecule has 2 heterocycles. The van der Waals surface area contributed by atoms with E-state index in [1.54, 1.807) is 48.5 Å². The third-order valence-electron chi connectivity index (χ3n) is 3.59. The first-order valence-electron chi connectivity index (χ1n) is 9.43. The van der Waals surface area contributed by atoms with Gasteiger partial charge in [-0.25, -0.2) is 14.6 Å². The summed E-state index contributed by atoms with van der Waals surface area (Å²) >= 11 is 0. The summed E-state index contributed by atoms with van der Waals surface area (Å²) in [6.45, 7) is 14.2. The Kier molecular flexibility index (Phi) is 6.01. The van der Waals surface area contributed by atoms with Crippen LogP contribution in [0.3, 0.4) is 0 Å². The second kappa shape index (κ2) is 7.77. The predicted octanol–water partition coefficient (Wildman–Crippen LogP) is 4.90. The molecular formula is C20H30N4O4. The van der Waals surface area contributed by atoms with E-state index in [1.807, 2.05) is 6.07 Å². The molecule has 0 radical (unpaired) electrons. The molecule has 0 aromatic carbocycles. The number of imide groups is 1. The van der Waals surface area contributed by atoms with Gasteiger partial charge in [0.1, 0.15) is 16.8 Å². The molecule has 0 saturated carbocycles. The SMILES string of the molecule is CCCc1cc2c(C)nc(N(C(=O)OC(C)(C)C)C(=O)OC(C)(C)C)nc2[nH]1. The van der Waals surface area contributed by atoms with Crippen molar-refractivity contribution in [3.63, 3.8) is 0 Å². The highest BCUT2D eigenvalue weighted by Crippen LogP contribution is 2.24. The number of nitrogens with one attached hydrogen (secondary N) is 1. The van der Waals surface area contributed by atoms with Crippen LogP contribution in [-0.4, -0.2) is 38.3 Å². The zero-order chi connectivity index (χ0) is 21.3. The van der Waals surface area contributed by atoms with Crippen LogP contribution in [0.1, 0.15) is 66.3 Å². The fraction of sp³-hybridized carbons (Fsp3) is 0.600. The lowest BCUT2D eigenvalue weighted by molar-refractivity contribution is 0.0427. The average Bonchev–Trinajstić information content (AvgIpc) is 2.87. The van der Waals surface area contributed by atoms with Crippen molar-refractivity contribution in [2.75, 3.05) is 4.90 Å². The third-order valence-corrected chi connectivity index (χ3v) is 3.59. The van der Waals surface area contributed by atoms with Gasteiger partial charge in [0, 0.05) is 11.1 Å². The van der Waals surface area contributed by atoms with E-state index in [0.29, 0.717) is 11.3 Å². The van der Waals surface area contributed by atoms with E-state index in [-0.39, 0.29) is 5.95 Å². The number of aromatic amines is 1. The van der Waals surface area contributed by atoms with Crippen molar-refractivity contribution in [2.45, 2.75) is 79.4 Å². The monoisotopic (exact) mass is 390 g/mol. The molecule has 2 rings (SSSR count). The molecule has 2 aromatic heterocycles. The zero-order valence-electron chi connectivity index (χ0n) is 18.0. The number of fused-ring (bicyclic) bond motifs is 1. The van der Waals surface area contributed by atoms with E-state index >= 15 is 0 Å². The van der Waals surface area contributed by atoms with Crippen molar-refractivity contribution >= 4 is 29.2 Å². The Morgan fingerprint density at radius 1 is 1.04 bits per heavy atom. The van der Waals surface area contributed by atoms with Gasteiger partial charge in [0.05, 0.1) is 5.69 Å². The number of anilines is 1. The summed E-state index contributed by atoms with van der Waals surface area (Å²) < 4.78 is 10.8. The van der Waals surface area contributed by atoms with Crippen molar-refractivity contribution < 1.29 is 19.1 Å². The summed E-state index contributed by atoms with van der Waals surface area (Å²) in [5.74, 6) is -0.0848. The van der Waals surface area contributed by atoms with Gasteiger partial charge in [-0.3, -0.25) is 0 Å². The van der Waals surface area contributed by atoms with E-state index in [4.69, 9.17) is 9.47 Å². The number of H-pyrrole nitrogens is 1. The molecule has 0 atom stereocenters. The van der Waals surface area contributed by atoms with Crippen LogP contribution >= 0.6 is 0 Å². The van der Waals surface area contributed by atoms with Crippen molar-refractivity contribution in [2.24, 2.45) is 0 Å². The Balaban J connectivity index is 2.52. The normalized spacial score (nSPS) is 12.1. The summed E-state index contributed by atoms with van der Waals surface area (Å²) in [5, 5.41) is 0.848. The predicted molar refractivity (Wildman–Crippen MR) is 108 cm³/mol. The number of amides is 2. The van der Waals surface area contributed by atoms with Crippen LogP contribution in [0, 0.1) is 6.92 Å². The molecular weight excluding hydrogens is 360 g/mol. The lowest BCUT2D eigenvalue weighted by Crippen LogP contribution is -2.44. The molecule has 0 saturated heterocycles. The lowest BCUT2D eigenvalue weighted by Gasteiger charge is -2.27. The second-order valence-corrected chi connectivity index (χ2v) is 8.71. The molecule has 2 amide bonds. The molecule has 0 spiro atoms. The Morgan fingerprint density at radius 3 is 2.04 bits per heavy atom. The van der Waals surface area contributed by atoms with E-state index in [9.17, 15) is 9.59 Å². The third kappa shape index (κ3) is 5.43.